The molecule has 3 aromatic carbocycles. The van der Waals surface area contributed by atoms with Crippen molar-refractivity contribution >= 4 is 46.3 Å². The molecule has 238 valence electrons. The fourth-order valence-corrected chi connectivity index (χ4v) is 5.67. The number of H-pyrrole nitrogens is 1. The average molecular weight is 627 g/mol. The highest BCUT2D eigenvalue weighted by Gasteiger charge is 2.26. The van der Waals surface area contributed by atoms with E-state index in [0.717, 1.165) is 31.0 Å². The smallest absolute Gasteiger partial charge is 0.335 e. The van der Waals surface area contributed by atoms with Gasteiger partial charge in [-0.15, -0.1) is 0 Å². The number of anilines is 1. The van der Waals surface area contributed by atoms with Crippen molar-refractivity contribution in [3.8, 4) is 0 Å². The van der Waals surface area contributed by atoms with Gasteiger partial charge in [-0.1, -0.05) is 30.3 Å². The predicted octanol–water partition coefficient (Wildman–Crippen LogP) is 4.00. The highest BCUT2D eigenvalue weighted by atomic mass is 16.4. The molecule has 1 aromatic heterocycles. The summed E-state index contributed by atoms with van der Waals surface area (Å²) in [4.78, 5) is 66.7. The Labute approximate surface area is 263 Å². The molecule has 4 aromatic rings. The summed E-state index contributed by atoms with van der Waals surface area (Å²) in [6.45, 7) is 0.230. The van der Waals surface area contributed by atoms with Crippen LogP contribution in [0.3, 0.4) is 0 Å². The first-order chi connectivity index (χ1) is 22.1. The number of rotatable bonds is 11. The molecule has 5 rings (SSSR count). The lowest BCUT2D eigenvalue weighted by Crippen LogP contribution is -2.36. The minimum Gasteiger partial charge on any atom is -0.478 e. The van der Waals surface area contributed by atoms with Crippen molar-refractivity contribution in [1.29, 1.82) is 0 Å². The highest BCUT2D eigenvalue weighted by molar-refractivity contribution is 6.10. The summed E-state index contributed by atoms with van der Waals surface area (Å²) >= 11 is 0. The number of aromatic amines is 1. The van der Waals surface area contributed by atoms with Gasteiger partial charge in [0.25, 0.3) is 11.8 Å². The first kappa shape index (κ1) is 31.9. The van der Waals surface area contributed by atoms with Gasteiger partial charge in [-0.2, -0.15) is 0 Å². The van der Waals surface area contributed by atoms with Crippen molar-refractivity contribution < 1.29 is 39.3 Å². The molecule has 7 N–H and O–H groups in total. The first-order valence-electron chi connectivity index (χ1n) is 14.9. The van der Waals surface area contributed by atoms with Gasteiger partial charge in [0.15, 0.2) is 0 Å². The molecule has 12 nitrogen and oxygen atoms in total. The molecule has 1 fully saturated rings. The van der Waals surface area contributed by atoms with Gasteiger partial charge < -0.3 is 36.3 Å². The van der Waals surface area contributed by atoms with Gasteiger partial charge in [-0.05, 0) is 73.6 Å². The third-order valence-corrected chi connectivity index (χ3v) is 8.23. The summed E-state index contributed by atoms with van der Waals surface area (Å²) < 4.78 is 0. The molecular weight excluding hydrogens is 592 g/mol. The standard InChI is InChI=1S/C34H34N4O8/c39-25-8-6-19(7-9-25)17-36-31(41)27-16-29-21(10-11-35-29)15-26(27)30(40)37-18-28(20-4-2-1-3-5-20)32(42)38-24-13-22(33(43)44)12-23(14-24)34(45)46/h1-5,10-16,19,25,28,35,39H,6-9,17-18H2,(H,36,41)(H,37,40)(H,38,42)(H,43,44)(H,45,46). The van der Waals surface area contributed by atoms with Crippen LogP contribution in [0.25, 0.3) is 10.9 Å². The van der Waals surface area contributed by atoms with Crippen LogP contribution in [0.2, 0.25) is 0 Å². The average Bonchev–Trinajstić information content (AvgIpc) is 3.52. The number of amides is 3. The number of carboxylic acids is 2. The molecule has 0 aliphatic heterocycles. The Bertz CT molecular complexity index is 1740. The van der Waals surface area contributed by atoms with E-state index in [4.69, 9.17) is 0 Å². The lowest BCUT2D eigenvalue weighted by molar-refractivity contribution is -0.117. The summed E-state index contributed by atoms with van der Waals surface area (Å²) in [5.74, 6) is -5.05. The van der Waals surface area contributed by atoms with Crippen LogP contribution in [0.15, 0.2) is 72.9 Å². The first-order valence-corrected chi connectivity index (χ1v) is 14.9. The monoisotopic (exact) mass is 626 g/mol. The molecule has 12 heteroatoms. The van der Waals surface area contributed by atoms with E-state index in [1.165, 1.54) is 0 Å². The number of hydrogen-bond donors (Lipinski definition) is 7. The third kappa shape index (κ3) is 7.59. The molecule has 1 saturated carbocycles. The fraction of sp³-hybridized carbons (Fsp3) is 0.265. The lowest BCUT2D eigenvalue weighted by Gasteiger charge is -2.25. The molecule has 0 bridgehead atoms. The van der Waals surface area contributed by atoms with E-state index >= 15 is 0 Å². The predicted molar refractivity (Wildman–Crippen MR) is 169 cm³/mol. The third-order valence-electron chi connectivity index (χ3n) is 8.23. The van der Waals surface area contributed by atoms with E-state index in [1.54, 1.807) is 54.7 Å². The van der Waals surface area contributed by atoms with E-state index in [-0.39, 0.29) is 46.5 Å². The summed E-state index contributed by atoms with van der Waals surface area (Å²) in [6, 6.07) is 16.9. The Kier molecular flexibility index (Phi) is 9.77. The van der Waals surface area contributed by atoms with Crippen LogP contribution in [-0.2, 0) is 4.79 Å². The van der Waals surface area contributed by atoms with Crippen LogP contribution in [0, 0.1) is 5.92 Å². The molecule has 3 amide bonds. The Morgan fingerprint density at radius 3 is 2.07 bits per heavy atom. The van der Waals surface area contributed by atoms with Crippen molar-refractivity contribution in [2.45, 2.75) is 37.7 Å². The fourth-order valence-electron chi connectivity index (χ4n) is 5.67. The normalized spacial score (nSPS) is 16.7. The summed E-state index contributed by atoms with van der Waals surface area (Å²) in [5.41, 5.74) is 0.850. The number of aromatic nitrogens is 1. The Morgan fingerprint density at radius 2 is 1.41 bits per heavy atom. The van der Waals surface area contributed by atoms with Gasteiger partial charge in [0.2, 0.25) is 5.91 Å². The minimum absolute atomic E-state index is 0.0288. The maximum absolute atomic E-state index is 13.6. The van der Waals surface area contributed by atoms with Gasteiger partial charge >= 0.3 is 11.9 Å². The van der Waals surface area contributed by atoms with Gasteiger partial charge in [-0.25, -0.2) is 9.59 Å². The number of aromatic carboxylic acids is 2. The van der Waals surface area contributed by atoms with Gasteiger partial charge in [0.05, 0.1) is 34.3 Å². The van der Waals surface area contributed by atoms with Gasteiger partial charge in [-0.3, -0.25) is 14.4 Å². The molecule has 1 atom stereocenters. The highest BCUT2D eigenvalue weighted by Crippen LogP contribution is 2.25. The SMILES string of the molecule is O=C(O)c1cc(NC(=O)C(CNC(=O)c2cc3cc[nH]c3cc2C(=O)NCC2CCC(O)CC2)c2ccccc2)cc(C(=O)O)c1. The van der Waals surface area contributed by atoms with Crippen LogP contribution in [-0.4, -0.2) is 69.2 Å². The Morgan fingerprint density at radius 1 is 0.783 bits per heavy atom. The van der Waals surface area contributed by atoms with E-state index in [9.17, 15) is 39.3 Å². The number of benzene rings is 3. The molecule has 46 heavy (non-hydrogen) atoms. The Balaban J connectivity index is 1.36. The van der Waals surface area contributed by atoms with Gasteiger partial charge in [0, 0.05) is 35.9 Å². The maximum atomic E-state index is 13.6. The van der Waals surface area contributed by atoms with Crippen molar-refractivity contribution in [3.63, 3.8) is 0 Å². The largest absolute Gasteiger partial charge is 0.478 e. The minimum atomic E-state index is -1.36. The number of carboxylic acid groups (broad SMARTS) is 2. The van der Waals surface area contributed by atoms with E-state index in [2.05, 4.69) is 20.9 Å². The molecule has 0 saturated heterocycles. The number of hydrogen-bond acceptors (Lipinski definition) is 6. The van der Waals surface area contributed by atoms with E-state index in [0.29, 0.717) is 35.9 Å². The number of aliphatic hydroxyl groups is 1. The number of aliphatic hydroxyl groups excluding tert-OH is 1. The second kappa shape index (κ2) is 14.1. The van der Waals surface area contributed by atoms with Crippen molar-refractivity contribution in [2.75, 3.05) is 18.4 Å². The zero-order chi connectivity index (χ0) is 32.8. The molecule has 1 aliphatic rings. The van der Waals surface area contributed by atoms with Crippen LogP contribution in [0.1, 0.15) is 78.6 Å². The molecule has 0 radical (unpaired) electrons. The molecule has 1 heterocycles. The van der Waals surface area contributed by atoms with Gasteiger partial charge in [0.1, 0.15) is 0 Å². The van der Waals surface area contributed by atoms with Crippen molar-refractivity contribution in [3.05, 3.63) is 101 Å². The molecule has 1 aliphatic carbocycles. The summed E-state index contributed by atoms with van der Waals surface area (Å²) in [6.07, 6.45) is 4.36. The zero-order valence-corrected chi connectivity index (χ0v) is 24.8. The van der Waals surface area contributed by atoms with Crippen LogP contribution >= 0.6 is 0 Å². The molecular formula is C34H34N4O8. The van der Waals surface area contributed by atoms with E-state index in [1.807, 2.05) is 0 Å². The maximum Gasteiger partial charge on any atom is 0.335 e. The molecule has 1 unspecified atom stereocenters. The second-order valence-corrected chi connectivity index (χ2v) is 11.4. The lowest BCUT2D eigenvalue weighted by atomic mass is 9.87. The summed E-state index contributed by atoms with van der Waals surface area (Å²) in [7, 11) is 0. The number of fused-ring (bicyclic) bond motifs is 1. The molecule has 0 spiro atoms. The van der Waals surface area contributed by atoms with Crippen molar-refractivity contribution in [1.82, 2.24) is 15.6 Å². The van der Waals surface area contributed by atoms with Crippen molar-refractivity contribution in [2.24, 2.45) is 5.92 Å². The number of nitrogens with one attached hydrogen (secondary N) is 4. The number of carbonyl (C=O) groups excluding carboxylic acids is 3. The number of carbonyl (C=O) groups is 5. The topological polar surface area (TPSA) is 198 Å². The quantitative estimate of drug-likeness (QED) is 0.130. The second-order valence-electron chi connectivity index (χ2n) is 11.4. The summed E-state index contributed by atoms with van der Waals surface area (Å²) in [5, 5.41) is 37.7. The van der Waals surface area contributed by atoms with E-state index < -0.39 is 35.6 Å². The van der Waals surface area contributed by atoms with Crippen LogP contribution in [0.5, 0.6) is 0 Å². The van der Waals surface area contributed by atoms with Crippen LogP contribution in [0.4, 0.5) is 5.69 Å². The Hall–Kier alpha value is -5.49. The zero-order valence-electron chi connectivity index (χ0n) is 24.8. The van der Waals surface area contributed by atoms with Crippen LogP contribution < -0.4 is 16.0 Å².